The fraction of sp³-hybridized carbons (Fsp3) is 0.714. The van der Waals surface area contributed by atoms with Gasteiger partial charge in [-0.3, -0.25) is 0 Å². The van der Waals surface area contributed by atoms with Crippen LogP contribution in [0.3, 0.4) is 0 Å². The molecule has 0 aliphatic carbocycles. The molecule has 0 atom stereocenters. The molecule has 0 radical (unpaired) electrons. The van der Waals surface area contributed by atoms with Gasteiger partial charge in [-0.1, -0.05) is 6.07 Å². The van der Waals surface area contributed by atoms with Gasteiger partial charge in [0.15, 0.2) is 0 Å². The Balaban J connectivity index is 0.000000463. The Morgan fingerprint density at radius 2 is 1.12 bits per heavy atom. The van der Waals surface area contributed by atoms with Gasteiger partial charge < -0.3 is 9.47 Å². The van der Waals surface area contributed by atoms with E-state index in [0.717, 1.165) is 11.5 Å². The van der Waals surface area contributed by atoms with Crippen LogP contribution in [0.25, 0.3) is 0 Å². The number of hydrogen-bond acceptors (Lipinski definition) is 2. The van der Waals surface area contributed by atoms with Crippen LogP contribution in [0.2, 0.25) is 18.2 Å². The van der Waals surface area contributed by atoms with Gasteiger partial charge in [-0.2, -0.15) is 0 Å². The van der Waals surface area contributed by atoms with Gasteiger partial charge in [0.05, 0.1) is 14.2 Å². The molecular weight excluding hydrogens is 403 g/mol. The summed E-state index contributed by atoms with van der Waals surface area (Å²) < 4.78 is 14.9. The maximum absolute atomic E-state index is 4.98. The molecule has 0 saturated heterocycles. The minimum atomic E-state index is -1.56. The quantitative estimate of drug-likeness (QED) is 0.338. The summed E-state index contributed by atoms with van der Waals surface area (Å²) in [5.41, 5.74) is 0. The van der Waals surface area contributed by atoms with Crippen LogP contribution < -0.4 is 9.47 Å². The van der Waals surface area contributed by atoms with Crippen LogP contribution in [-0.2, 0) is 0 Å². The predicted octanol–water partition coefficient (Wildman–Crippen LogP) is 7.17. The van der Waals surface area contributed by atoms with Crippen molar-refractivity contribution >= 4 is 18.4 Å². The molecule has 0 fully saturated rings. The standard InChI is InChI=1S/C8H10O2.3C4H9.CH3.Sn/c1-9-7-4-3-5-8(6-7)10-2;3*1-3-4-2;;/h3-6H,1-2H3;3*1,3-4H2,2H3;1H3;. The first-order chi connectivity index (χ1) is 11.5. The molecule has 3 heteroatoms. The van der Waals surface area contributed by atoms with E-state index >= 15 is 0 Å². The van der Waals surface area contributed by atoms with Crippen LogP contribution in [-0.4, -0.2) is 32.6 Å². The van der Waals surface area contributed by atoms with Crippen molar-refractivity contribution in [2.24, 2.45) is 0 Å². The molecule has 1 aromatic carbocycles. The molecule has 0 unspecified atom stereocenters. The minimum Gasteiger partial charge on any atom is -0.497 e. The summed E-state index contributed by atoms with van der Waals surface area (Å²) in [6.07, 6.45) is 8.76. The van der Waals surface area contributed by atoms with Crippen molar-refractivity contribution in [3.05, 3.63) is 24.3 Å². The van der Waals surface area contributed by atoms with Crippen LogP contribution in [0.5, 0.6) is 11.5 Å². The SMILES string of the molecule is CCC[CH2][Sn]([CH3])([CH2]CCC)[CH2]CCC.COc1cccc(OC)c1. The molecule has 2 nitrogen and oxygen atoms in total. The number of hydrogen-bond donors (Lipinski definition) is 0. The molecule has 0 aromatic heterocycles. The number of ether oxygens (including phenoxy) is 2. The third-order valence-corrected chi connectivity index (χ3v) is 18.0. The van der Waals surface area contributed by atoms with Gasteiger partial charge in [0.25, 0.3) is 0 Å². The van der Waals surface area contributed by atoms with Crippen LogP contribution in [0.15, 0.2) is 24.3 Å². The van der Waals surface area contributed by atoms with Crippen LogP contribution in [0.4, 0.5) is 0 Å². The molecule has 0 aliphatic rings. The second-order valence-corrected chi connectivity index (χ2v) is 21.6. The van der Waals surface area contributed by atoms with E-state index in [1.54, 1.807) is 27.5 Å². The Labute approximate surface area is 155 Å². The van der Waals surface area contributed by atoms with Crippen molar-refractivity contribution in [1.82, 2.24) is 0 Å². The van der Waals surface area contributed by atoms with Crippen LogP contribution in [0.1, 0.15) is 59.3 Å². The molecule has 0 bridgehead atoms. The zero-order valence-electron chi connectivity index (χ0n) is 17.0. The predicted molar refractivity (Wildman–Crippen MR) is 110 cm³/mol. The summed E-state index contributed by atoms with van der Waals surface area (Å²) in [5, 5.41) is 0. The molecule has 0 amide bonds. The number of unbranched alkanes of at least 4 members (excludes halogenated alkanes) is 3. The van der Waals surface area contributed by atoms with Gasteiger partial charge in [0, 0.05) is 6.07 Å². The summed E-state index contributed by atoms with van der Waals surface area (Å²) in [7, 11) is 3.27. The van der Waals surface area contributed by atoms with Gasteiger partial charge >= 0.3 is 95.9 Å². The molecule has 140 valence electrons. The molecule has 0 aliphatic heterocycles. The third-order valence-electron chi connectivity index (χ3n) is 4.68. The fourth-order valence-corrected chi connectivity index (χ4v) is 15.4. The van der Waals surface area contributed by atoms with Gasteiger partial charge in [-0.25, -0.2) is 0 Å². The topological polar surface area (TPSA) is 18.5 Å². The molecule has 0 N–H and O–H groups in total. The first-order valence-corrected chi connectivity index (χ1v) is 18.6. The number of methoxy groups -OCH3 is 2. The average Bonchev–Trinajstić information content (AvgIpc) is 2.63. The maximum atomic E-state index is 4.98. The summed E-state index contributed by atoms with van der Waals surface area (Å²) in [5.74, 6) is 1.64. The molecule has 1 rings (SSSR count). The van der Waals surface area contributed by atoms with Gasteiger partial charge in [0.2, 0.25) is 0 Å². The van der Waals surface area contributed by atoms with E-state index in [9.17, 15) is 0 Å². The first-order valence-electron chi connectivity index (χ1n) is 9.73. The summed E-state index contributed by atoms with van der Waals surface area (Å²) in [4.78, 5) is 2.72. The summed E-state index contributed by atoms with van der Waals surface area (Å²) in [6.45, 7) is 7.02. The Morgan fingerprint density at radius 3 is 1.42 bits per heavy atom. The summed E-state index contributed by atoms with van der Waals surface area (Å²) in [6, 6.07) is 7.47. The Kier molecular flexibility index (Phi) is 14.7. The van der Waals surface area contributed by atoms with E-state index in [-0.39, 0.29) is 0 Å². The van der Waals surface area contributed by atoms with Crippen molar-refractivity contribution < 1.29 is 9.47 Å². The van der Waals surface area contributed by atoms with E-state index in [4.69, 9.17) is 9.47 Å². The van der Waals surface area contributed by atoms with Gasteiger partial charge in [-0.05, 0) is 12.1 Å². The van der Waals surface area contributed by atoms with Gasteiger partial charge in [-0.15, -0.1) is 0 Å². The van der Waals surface area contributed by atoms with E-state index in [1.165, 1.54) is 38.5 Å². The minimum absolute atomic E-state index is 0.819. The van der Waals surface area contributed by atoms with E-state index < -0.39 is 18.4 Å². The molecule has 0 saturated carbocycles. The zero-order chi connectivity index (χ0) is 18.3. The Bertz CT molecular complexity index is 366. The second kappa shape index (κ2) is 14.9. The van der Waals surface area contributed by atoms with Crippen molar-refractivity contribution in [3.8, 4) is 11.5 Å². The van der Waals surface area contributed by atoms with E-state index in [0.29, 0.717) is 0 Å². The molecule has 0 spiro atoms. The largest absolute Gasteiger partial charge is 0.497 e. The van der Waals surface area contributed by atoms with Crippen molar-refractivity contribution in [2.45, 2.75) is 77.5 Å². The molecule has 1 aromatic rings. The first kappa shape index (κ1) is 23.6. The fourth-order valence-electron chi connectivity index (χ4n) is 2.91. The van der Waals surface area contributed by atoms with Crippen molar-refractivity contribution in [3.63, 3.8) is 0 Å². The maximum Gasteiger partial charge on any atom is 0.122 e. The Morgan fingerprint density at radius 1 is 0.750 bits per heavy atom. The molecule has 0 heterocycles. The van der Waals surface area contributed by atoms with Gasteiger partial charge in [0.1, 0.15) is 11.5 Å². The van der Waals surface area contributed by atoms with Crippen molar-refractivity contribution in [2.75, 3.05) is 14.2 Å². The smallest absolute Gasteiger partial charge is 0.122 e. The monoisotopic (exact) mass is 444 g/mol. The van der Waals surface area contributed by atoms with Crippen LogP contribution in [0, 0.1) is 0 Å². The second-order valence-electron chi connectivity index (χ2n) is 7.00. The summed E-state index contributed by atoms with van der Waals surface area (Å²) >= 11 is -1.56. The third kappa shape index (κ3) is 11.2. The Hall–Kier alpha value is -0.381. The van der Waals surface area contributed by atoms with E-state index in [2.05, 4.69) is 25.7 Å². The average molecular weight is 443 g/mol. The normalized spacial score (nSPS) is 10.8. The van der Waals surface area contributed by atoms with E-state index in [1.807, 2.05) is 24.3 Å². The molecule has 24 heavy (non-hydrogen) atoms. The number of benzene rings is 1. The van der Waals surface area contributed by atoms with Crippen LogP contribution >= 0.6 is 0 Å². The number of rotatable bonds is 11. The zero-order valence-corrected chi connectivity index (χ0v) is 19.8. The van der Waals surface area contributed by atoms with Crippen molar-refractivity contribution in [1.29, 1.82) is 0 Å². The molecular formula is C21H40O2Sn.